The Hall–Kier alpha value is -3.54. The van der Waals surface area contributed by atoms with Gasteiger partial charge in [-0.1, -0.05) is 24.3 Å². The van der Waals surface area contributed by atoms with Crippen LogP contribution in [0.15, 0.2) is 67.1 Å². The number of rotatable bonds is 5. The van der Waals surface area contributed by atoms with Crippen molar-refractivity contribution in [3.63, 3.8) is 0 Å². The van der Waals surface area contributed by atoms with E-state index < -0.39 is 0 Å². The van der Waals surface area contributed by atoms with Crippen LogP contribution in [-0.2, 0) is 6.54 Å². The summed E-state index contributed by atoms with van der Waals surface area (Å²) in [5, 5.41) is 15.0. The number of hydrogen-bond acceptors (Lipinski definition) is 3. The fraction of sp³-hybridized carbons (Fsp3) is 0.143. The first-order valence-corrected chi connectivity index (χ1v) is 8.84. The SMILES string of the molecule is CCN(Cc1c[nH]c2ccccc12)C(=O)c1cnn(-c2cccc(O)c2)c1. The fourth-order valence-electron chi connectivity index (χ4n) is 3.19. The summed E-state index contributed by atoms with van der Waals surface area (Å²) < 4.78 is 1.59. The number of phenolic OH excluding ortho intramolecular Hbond substituents is 1. The number of para-hydroxylation sites is 1. The van der Waals surface area contributed by atoms with Crippen LogP contribution in [0.3, 0.4) is 0 Å². The van der Waals surface area contributed by atoms with E-state index in [1.54, 1.807) is 40.2 Å². The van der Waals surface area contributed by atoms with Gasteiger partial charge in [-0.05, 0) is 30.7 Å². The molecule has 4 aromatic rings. The lowest BCUT2D eigenvalue weighted by atomic mass is 10.1. The van der Waals surface area contributed by atoms with Crippen LogP contribution in [0.4, 0.5) is 0 Å². The second-order valence-corrected chi connectivity index (χ2v) is 6.37. The van der Waals surface area contributed by atoms with E-state index in [1.165, 1.54) is 0 Å². The van der Waals surface area contributed by atoms with Crippen molar-refractivity contribution in [2.24, 2.45) is 0 Å². The van der Waals surface area contributed by atoms with Crippen molar-refractivity contribution in [1.82, 2.24) is 19.7 Å². The lowest BCUT2D eigenvalue weighted by Crippen LogP contribution is -2.30. The van der Waals surface area contributed by atoms with E-state index >= 15 is 0 Å². The first-order valence-electron chi connectivity index (χ1n) is 8.84. The Bertz CT molecular complexity index is 1100. The summed E-state index contributed by atoms with van der Waals surface area (Å²) in [4.78, 5) is 18.0. The lowest BCUT2D eigenvalue weighted by Gasteiger charge is -2.19. The maximum atomic E-state index is 13.0. The van der Waals surface area contributed by atoms with Crippen LogP contribution in [0.1, 0.15) is 22.8 Å². The van der Waals surface area contributed by atoms with Crippen LogP contribution in [0.2, 0.25) is 0 Å². The maximum absolute atomic E-state index is 13.0. The number of carbonyl (C=O) groups is 1. The molecule has 2 aromatic carbocycles. The van der Waals surface area contributed by atoms with E-state index in [9.17, 15) is 9.90 Å². The summed E-state index contributed by atoms with van der Waals surface area (Å²) in [6.07, 6.45) is 5.20. The summed E-state index contributed by atoms with van der Waals surface area (Å²) >= 11 is 0. The van der Waals surface area contributed by atoms with Gasteiger partial charge in [-0.3, -0.25) is 4.79 Å². The third kappa shape index (κ3) is 3.29. The maximum Gasteiger partial charge on any atom is 0.257 e. The molecule has 0 aliphatic heterocycles. The van der Waals surface area contributed by atoms with Gasteiger partial charge in [-0.15, -0.1) is 0 Å². The molecule has 27 heavy (non-hydrogen) atoms. The Morgan fingerprint density at radius 1 is 1.22 bits per heavy atom. The minimum absolute atomic E-state index is 0.0748. The molecule has 0 aliphatic carbocycles. The monoisotopic (exact) mass is 360 g/mol. The highest BCUT2D eigenvalue weighted by Crippen LogP contribution is 2.21. The van der Waals surface area contributed by atoms with Crippen molar-refractivity contribution >= 4 is 16.8 Å². The number of nitrogens with one attached hydrogen (secondary N) is 1. The zero-order chi connectivity index (χ0) is 18.8. The number of amides is 1. The standard InChI is InChI=1S/C21H20N4O2/c1-2-24(13-15-11-22-20-9-4-3-8-19(15)20)21(27)16-12-23-25(14-16)17-6-5-7-18(26)10-17/h3-12,14,22,26H,2,13H2,1H3. The van der Waals surface area contributed by atoms with Crippen molar-refractivity contribution in [2.45, 2.75) is 13.5 Å². The molecule has 136 valence electrons. The molecule has 0 aliphatic rings. The number of H-pyrrole nitrogens is 1. The molecule has 2 aromatic heterocycles. The van der Waals surface area contributed by atoms with E-state index in [-0.39, 0.29) is 11.7 Å². The number of aromatic hydroxyl groups is 1. The summed E-state index contributed by atoms with van der Waals surface area (Å²) in [5.41, 5.74) is 3.36. The van der Waals surface area contributed by atoms with E-state index in [2.05, 4.69) is 16.1 Å². The smallest absolute Gasteiger partial charge is 0.257 e. The van der Waals surface area contributed by atoms with Crippen LogP contribution in [0, 0.1) is 0 Å². The number of fused-ring (bicyclic) bond motifs is 1. The average Bonchev–Trinajstić information content (AvgIpc) is 3.33. The van der Waals surface area contributed by atoms with E-state index in [4.69, 9.17) is 0 Å². The van der Waals surface area contributed by atoms with Gasteiger partial charge < -0.3 is 15.0 Å². The quantitative estimate of drug-likeness (QED) is 0.570. The van der Waals surface area contributed by atoms with Gasteiger partial charge in [0.15, 0.2) is 0 Å². The highest BCUT2D eigenvalue weighted by atomic mass is 16.3. The number of carbonyl (C=O) groups excluding carboxylic acids is 1. The van der Waals surface area contributed by atoms with Gasteiger partial charge in [0.25, 0.3) is 5.91 Å². The van der Waals surface area contributed by atoms with Crippen molar-refractivity contribution in [3.05, 3.63) is 78.2 Å². The van der Waals surface area contributed by atoms with E-state index in [1.807, 2.05) is 37.4 Å². The molecule has 1 amide bonds. The minimum atomic E-state index is -0.0748. The molecule has 0 saturated heterocycles. The Labute approximate surface area is 156 Å². The molecule has 2 N–H and O–H groups in total. The fourth-order valence-corrected chi connectivity index (χ4v) is 3.19. The largest absolute Gasteiger partial charge is 0.508 e. The topological polar surface area (TPSA) is 74.2 Å². The van der Waals surface area contributed by atoms with Crippen LogP contribution >= 0.6 is 0 Å². The third-order valence-electron chi connectivity index (χ3n) is 4.63. The van der Waals surface area contributed by atoms with Gasteiger partial charge >= 0.3 is 0 Å². The zero-order valence-electron chi connectivity index (χ0n) is 15.0. The summed E-state index contributed by atoms with van der Waals surface area (Å²) in [6, 6.07) is 14.8. The number of phenols is 1. The van der Waals surface area contributed by atoms with Gasteiger partial charge in [0, 0.05) is 42.5 Å². The molecular weight excluding hydrogens is 340 g/mol. The highest BCUT2D eigenvalue weighted by Gasteiger charge is 2.18. The molecule has 6 heteroatoms. The number of aromatic nitrogens is 3. The Morgan fingerprint density at radius 3 is 2.89 bits per heavy atom. The molecule has 0 saturated carbocycles. The molecule has 6 nitrogen and oxygen atoms in total. The van der Waals surface area contributed by atoms with Crippen LogP contribution < -0.4 is 0 Å². The average molecular weight is 360 g/mol. The molecule has 0 unspecified atom stereocenters. The van der Waals surface area contributed by atoms with Crippen molar-refractivity contribution < 1.29 is 9.90 Å². The highest BCUT2D eigenvalue weighted by molar-refractivity contribution is 5.94. The van der Waals surface area contributed by atoms with Gasteiger partial charge in [-0.25, -0.2) is 4.68 Å². The molecule has 0 bridgehead atoms. The molecule has 0 fully saturated rings. The number of aromatic amines is 1. The molecule has 4 rings (SSSR count). The Morgan fingerprint density at radius 2 is 2.07 bits per heavy atom. The minimum Gasteiger partial charge on any atom is -0.508 e. The van der Waals surface area contributed by atoms with Crippen LogP contribution in [0.25, 0.3) is 16.6 Å². The van der Waals surface area contributed by atoms with Crippen LogP contribution in [0.5, 0.6) is 5.75 Å². The predicted octanol–water partition coefficient (Wildman–Crippen LogP) is 3.72. The second-order valence-electron chi connectivity index (χ2n) is 6.37. The first-order chi connectivity index (χ1) is 13.2. The zero-order valence-corrected chi connectivity index (χ0v) is 15.0. The molecule has 2 heterocycles. The summed E-state index contributed by atoms with van der Waals surface area (Å²) in [6.45, 7) is 3.08. The van der Waals surface area contributed by atoms with Crippen molar-refractivity contribution in [3.8, 4) is 11.4 Å². The first kappa shape index (κ1) is 16.9. The molecule has 0 spiro atoms. The van der Waals surface area contributed by atoms with Crippen LogP contribution in [-0.4, -0.2) is 37.2 Å². The van der Waals surface area contributed by atoms with Gasteiger partial charge in [-0.2, -0.15) is 5.10 Å². The normalized spacial score (nSPS) is 11.0. The Kier molecular flexibility index (Phi) is 4.38. The van der Waals surface area contributed by atoms with Gasteiger partial charge in [0.05, 0.1) is 17.4 Å². The Balaban J connectivity index is 1.57. The van der Waals surface area contributed by atoms with E-state index in [0.717, 1.165) is 16.5 Å². The second kappa shape index (κ2) is 6.99. The number of nitrogens with zero attached hydrogens (tertiary/aromatic N) is 3. The van der Waals surface area contributed by atoms with Crippen molar-refractivity contribution in [2.75, 3.05) is 6.54 Å². The van der Waals surface area contributed by atoms with Gasteiger partial charge in [0.2, 0.25) is 0 Å². The summed E-state index contributed by atoms with van der Waals surface area (Å²) in [7, 11) is 0. The van der Waals surface area contributed by atoms with E-state index in [0.29, 0.717) is 24.3 Å². The number of hydrogen-bond donors (Lipinski definition) is 2. The molecule has 0 radical (unpaired) electrons. The lowest BCUT2D eigenvalue weighted by molar-refractivity contribution is 0.0753. The predicted molar refractivity (Wildman–Crippen MR) is 104 cm³/mol. The van der Waals surface area contributed by atoms with Crippen molar-refractivity contribution in [1.29, 1.82) is 0 Å². The van der Waals surface area contributed by atoms with Gasteiger partial charge in [0.1, 0.15) is 5.75 Å². The molecule has 0 atom stereocenters. The summed E-state index contributed by atoms with van der Waals surface area (Å²) in [5.74, 6) is 0.0829. The molecular formula is C21H20N4O2. The number of benzene rings is 2. The third-order valence-corrected chi connectivity index (χ3v) is 4.63.